The van der Waals surface area contributed by atoms with Crippen LogP contribution < -0.4 is 0 Å². The molecule has 116 valence electrons. The Hall–Kier alpha value is -1.88. The van der Waals surface area contributed by atoms with Crippen LogP contribution in [0.5, 0.6) is 0 Å². The van der Waals surface area contributed by atoms with E-state index in [1.54, 1.807) is 0 Å². The number of esters is 1. The second-order valence-corrected chi connectivity index (χ2v) is 5.31. The second kappa shape index (κ2) is 8.42. The maximum absolute atomic E-state index is 11.9. The largest absolute Gasteiger partial charge is 0.481 e. The first-order valence-corrected chi connectivity index (χ1v) is 6.91. The molecule has 1 aromatic carbocycles. The minimum atomic E-state index is -1.10. The third-order valence-electron chi connectivity index (χ3n) is 3.11. The topological polar surface area (TPSA) is 72.8 Å². The Kier molecular flexibility index (Phi) is 6.88. The van der Waals surface area contributed by atoms with Crippen LogP contribution >= 0.6 is 0 Å². The van der Waals surface area contributed by atoms with Crippen molar-refractivity contribution >= 4 is 11.9 Å². The first kappa shape index (κ1) is 17.2. The Labute approximate surface area is 124 Å². The molecule has 0 saturated heterocycles. The number of hydrogen-bond donors (Lipinski definition) is 1. The summed E-state index contributed by atoms with van der Waals surface area (Å²) in [7, 11) is 1.23. The highest BCUT2D eigenvalue weighted by Gasteiger charge is 2.36. The van der Waals surface area contributed by atoms with Crippen molar-refractivity contribution in [3.63, 3.8) is 0 Å². The zero-order valence-corrected chi connectivity index (χ0v) is 12.6. The predicted octanol–water partition coefficient (Wildman–Crippen LogP) is 2.49. The zero-order chi connectivity index (χ0) is 15.8. The Morgan fingerprint density at radius 2 is 1.81 bits per heavy atom. The maximum Gasteiger partial charge on any atom is 0.335 e. The normalized spacial score (nSPS) is 13.7. The molecule has 0 spiro atoms. The molecule has 0 unspecified atom stereocenters. The SMILES string of the molecule is COC(=O)[C@@H](OCc1ccccc1)[C@@H](CC(C)C)C(=O)O. The van der Waals surface area contributed by atoms with Crippen LogP contribution in [0.3, 0.4) is 0 Å². The van der Waals surface area contributed by atoms with Gasteiger partial charge in [0.05, 0.1) is 19.6 Å². The van der Waals surface area contributed by atoms with Crippen LogP contribution in [0, 0.1) is 11.8 Å². The van der Waals surface area contributed by atoms with Crippen molar-refractivity contribution in [1.29, 1.82) is 0 Å². The molecule has 5 nitrogen and oxygen atoms in total. The van der Waals surface area contributed by atoms with E-state index in [1.165, 1.54) is 7.11 Å². The summed E-state index contributed by atoms with van der Waals surface area (Å²) >= 11 is 0. The molecule has 0 bridgehead atoms. The summed E-state index contributed by atoms with van der Waals surface area (Å²) in [6.07, 6.45) is -0.751. The lowest BCUT2D eigenvalue weighted by molar-refractivity contribution is -0.168. The predicted molar refractivity (Wildman–Crippen MR) is 77.6 cm³/mol. The smallest absolute Gasteiger partial charge is 0.335 e. The van der Waals surface area contributed by atoms with Crippen LogP contribution in [0.25, 0.3) is 0 Å². The van der Waals surface area contributed by atoms with Crippen molar-refractivity contribution in [2.45, 2.75) is 33.0 Å². The van der Waals surface area contributed by atoms with Crippen LogP contribution in [0.4, 0.5) is 0 Å². The number of aliphatic carboxylic acids is 1. The van der Waals surface area contributed by atoms with Crippen molar-refractivity contribution in [2.75, 3.05) is 7.11 Å². The molecule has 0 radical (unpaired) electrons. The fraction of sp³-hybridized carbons (Fsp3) is 0.500. The van der Waals surface area contributed by atoms with Gasteiger partial charge in [0, 0.05) is 0 Å². The van der Waals surface area contributed by atoms with E-state index in [2.05, 4.69) is 4.74 Å². The number of rotatable bonds is 8. The molecule has 0 aliphatic carbocycles. The number of methoxy groups -OCH3 is 1. The molecule has 0 heterocycles. The van der Waals surface area contributed by atoms with Crippen LogP contribution in [0.1, 0.15) is 25.8 Å². The van der Waals surface area contributed by atoms with Crippen LogP contribution in [0.15, 0.2) is 30.3 Å². The average Bonchev–Trinajstić information content (AvgIpc) is 2.46. The van der Waals surface area contributed by atoms with Gasteiger partial charge in [-0.1, -0.05) is 44.2 Å². The molecule has 0 saturated carbocycles. The highest BCUT2D eigenvalue weighted by molar-refractivity contribution is 5.82. The number of carbonyl (C=O) groups is 2. The number of carboxylic acids is 1. The molecule has 0 aliphatic heterocycles. The monoisotopic (exact) mass is 294 g/mol. The summed E-state index contributed by atoms with van der Waals surface area (Å²) < 4.78 is 10.2. The van der Waals surface area contributed by atoms with E-state index in [4.69, 9.17) is 4.74 Å². The van der Waals surface area contributed by atoms with E-state index >= 15 is 0 Å². The number of carboxylic acid groups (broad SMARTS) is 1. The Balaban J connectivity index is 2.83. The van der Waals surface area contributed by atoms with Gasteiger partial charge in [0.25, 0.3) is 0 Å². The van der Waals surface area contributed by atoms with Crippen molar-refractivity contribution in [3.8, 4) is 0 Å². The van der Waals surface area contributed by atoms with Gasteiger partial charge < -0.3 is 14.6 Å². The molecule has 0 aromatic heterocycles. The van der Waals surface area contributed by atoms with Gasteiger partial charge in [0.2, 0.25) is 0 Å². The van der Waals surface area contributed by atoms with Gasteiger partial charge in [0.1, 0.15) is 0 Å². The van der Waals surface area contributed by atoms with E-state index < -0.39 is 24.0 Å². The highest BCUT2D eigenvalue weighted by Crippen LogP contribution is 2.21. The summed E-state index contributed by atoms with van der Waals surface area (Å²) in [4.78, 5) is 23.3. The van der Waals surface area contributed by atoms with Crippen molar-refractivity contribution < 1.29 is 24.2 Å². The van der Waals surface area contributed by atoms with Crippen molar-refractivity contribution in [1.82, 2.24) is 0 Å². The first-order valence-electron chi connectivity index (χ1n) is 6.91. The molecule has 2 atom stereocenters. The summed E-state index contributed by atoms with van der Waals surface area (Å²) in [6.45, 7) is 3.98. The van der Waals surface area contributed by atoms with E-state index in [0.717, 1.165) is 5.56 Å². The van der Waals surface area contributed by atoms with Crippen LogP contribution in [0.2, 0.25) is 0 Å². The minimum Gasteiger partial charge on any atom is -0.481 e. The van der Waals surface area contributed by atoms with E-state index in [-0.39, 0.29) is 12.5 Å². The van der Waals surface area contributed by atoms with Gasteiger partial charge >= 0.3 is 11.9 Å². The standard InChI is InChI=1S/C16H22O5/c1-11(2)9-13(15(17)18)14(16(19)20-3)21-10-12-7-5-4-6-8-12/h4-8,11,13-14H,9-10H2,1-3H3,(H,17,18)/t13-,14+/m1/s1. The molecule has 5 heteroatoms. The fourth-order valence-electron chi connectivity index (χ4n) is 2.09. The number of hydrogen-bond acceptors (Lipinski definition) is 4. The van der Waals surface area contributed by atoms with Gasteiger partial charge in [0.15, 0.2) is 6.10 Å². The van der Waals surface area contributed by atoms with Crippen LogP contribution in [-0.2, 0) is 25.7 Å². The van der Waals surface area contributed by atoms with Gasteiger partial charge in [-0.25, -0.2) is 4.79 Å². The lowest BCUT2D eigenvalue weighted by Gasteiger charge is -2.23. The van der Waals surface area contributed by atoms with Gasteiger partial charge in [-0.05, 0) is 17.9 Å². The Morgan fingerprint density at radius 1 is 1.19 bits per heavy atom. The molecule has 21 heavy (non-hydrogen) atoms. The number of benzene rings is 1. The quantitative estimate of drug-likeness (QED) is 0.746. The van der Waals surface area contributed by atoms with E-state index in [0.29, 0.717) is 6.42 Å². The maximum atomic E-state index is 11.9. The highest BCUT2D eigenvalue weighted by atomic mass is 16.6. The molecule has 1 rings (SSSR count). The number of carbonyl (C=O) groups excluding carboxylic acids is 1. The zero-order valence-electron chi connectivity index (χ0n) is 12.6. The van der Waals surface area contributed by atoms with Gasteiger partial charge in [-0.3, -0.25) is 4.79 Å². The third-order valence-corrected chi connectivity index (χ3v) is 3.11. The van der Waals surface area contributed by atoms with Crippen molar-refractivity contribution in [2.24, 2.45) is 11.8 Å². The first-order chi connectivity index (χ1) is 9.95. The van der Waals surface area contributed by atoms with Crippen molar-refractivity contribution in [3.05, 3.63) is 35.9 Å². The van der Waals surface area contributed by atoms with E-state index in [1.807, 2.05) is 44.2 Å². The molecule has 0 fully saturated rings. The van der Waals surface area contributed by atoms with Crippen LogP contribution in [-0.4, -0.2) is 30.3 Å². The molecule has 1 N–H and O–H groups in total. The third kappa shape index (κ3) is 5.55. The molecular weight excluding hydrogens is 272 g/mol. The second-order valence-electron chi connectivity index (χ2n) is 5.31. The number of ether oxygens (including phenoxy) is 2. The Bertz CT molecular complexity index is 455. The molecule has 1 aromatic rings. The summed E-state index contributed by atoms with van der Waals surface area (Å²) in [5.74, 6) is -2.48. The lowest BCUT2D eigenvalue weighted by atomic mass is 9.92. The minimum absolute atomic E-state index is 0.138. The Morgan fingerprint density at radius 3 is 2.29 bits per heavy atom. The molecule has 0 aliphatic rings. The molecular formula is C16H22O5. The fourth-order valence-corrected chi connectivity index (χ4v) is 2.09. The summed E-state index contributed by atoms with van der Waals surface area (Å²) in [5, 5.41) is 9.35. The average molecular weight is 294 g/mol. The summed E-state index contributed by atoms with van der Waals surface area (Å²) in [5.41, 5.74) is 0.875. The molecule has 0 amide bonds. The lowest BCUT2D eigenvalue weighted by Crippen LogP contribution is -2.38. The van der Waals surface area contributed by atoms with Gasteiger partial charge in [-0.15, -0.1) is 0 Å². The van der Waals surface area contributed by atoms with Gasteiger partial charge in [-0.2, -0.15) is 0 Å². The van der Waals surface area contributed by atoms with E-state index in [9.17, 15) is 14.7 Å². The summed E-state index contributed by atoms with van der Waals surface area (Å²) in [6, 6.07) is 9.29.